The van der Waals surface area contributed by atoms with Crippen LogP contribution in [0.3, 0.4) is 0 Å². The van der Waals surface area contributed by atoms with Gasteiger partial charge in [-0.1, -0.05) is 60.7 Å². The number of morpholine rings is 1. The predicted octanol–water partition coefficient (Wildman–Crippen LogP) is 2.01. The summed E-state index contributed by atoms with van der Waals surface area (Å²) in [6.45, 7) is 2.11. The van der Waals surface area contributed by atoms with Crippen LogP contribution in [0.4, 0.5) is 0 Å². The van der Waals surface area contributed by atoms with Crippen molar-refractivity contribution in [2.24, 2.45) is 0 Å². The topological polar surface area (TPSA) is 61.9 Å². The normalized spacial score (nSPS) is 16.5. The number of carbonyl (C=O) groups is 2. The Morgan fingerprint density at radius 1 is 0.929 bits per heavy atom. The second-order valence-electron chi connectivity index (χ2n) is 7.07. The SMILES string of the molecule is CN(C)C(C(=O)NC(C(=O)N1CCOCC1)c1ccccc1)c1ccccc1. The number of hydrogen-bond acceptors (Lipinski definition) is 4. The van der Waals surface area contributed by atoms with Gasteiger partial charge in [0.2, 0.25) is 11.8 Å². The Hall–Kier alpha value is -2.70. The number of nitrogens with zero attached hydrogens (tertiary/aromatic N) is 2. The zero-order chi connectivity index (χ0) is 19.9. The smallest absolute Gasteiger partial charge is 0.249 e. The van der Waals surface area contributed by atoms with E-state index in [9.17, 15) is 9.59 Å². The Balaban J connectivity index is 1.85. The first kappa shape index (κ1) is 20.0. The minimum Gasteiger partial charge on any atom is -0.378 e. The van der Waals surface area contributed by atoms with E-state index < -0.39 is 12.1 Å². The van der Waals surface area contributed by atoms with Gasteiger partial charge >= 0.3 is 0 Å². The molecule has 0 saturated carbocycles. The van der Waals surface area contributed by atoms with Crippen LogP contribution < -0.4 is 5.32 Å². The quantitative estimate of drug-likeness (QED) is 0.832. The second kappa shape index (κ2) is 9.48. The number of carbonyl (C=O) groups excluding carboxylic acids is 2. The van der Waals surface area contributed by atoms with E-state index in [0.717, 1.165) is 11.1 Å². The maximum absolute atomic E-state index is 13.2. The molecule has 1 saturated heterocycles. The van der Waals surface area contributed by atoms with Crippen molar-refractivity contribution in [1.29, 1.82) is 0 Å². The summed E-state index contributed by atoms with van der Waals surface area (Å²) in [7, 11) is 3.72. The largest absolute Gasteiger partial charge is 0.378 e. The summed E-state index contributed by atoms with van der Waals surface area (Å²) < 4.78 is 5.36. The van der Waals surface area contributed by atoms with E-state index in [2.05, 4.69) is 5.32 Å². The van der Waals surface area contributed by atoms with Crippen molar-refractivity contribution in [2.45, 2.75) is 12.1 Å². The van der Waals surface area contributed by atoms with Gasteiger partial charge in [0.05, 0.1) is 13.2 Å². The van der Waals surface area contributed by atoms with E-state index in [4.69, 9.17) is 4.74 Å². The Morgan fingerprint density at radius 3 is 2.00 bits per heavy atom. The van der Waals surface area contributed by atoms with Crippen LogP contribution >= 0.6 is 0 Å². The van der Waals surface area contributed by atoms with Gasteiger partial charge in [-0.25, -0.2) is 0 Å². The zero-order valence-corrected chi connectivity index (χ0v) is 16.4. The maximum atomic E-state index is 13.2. The summed E-state index contributed by atoms with van der Waals surface area (Å²) in [6.07, 6.45) is 0. The van der Waals surface area contributed by atoms with Gasteiger partial charge in [-0.15, -0.1) is 0 Å². The first-order chi connectivity index (χ1) is 13.6. The predicted molar refractivity (Wildman–Crippen MR) is 108 cm³/mol. The summed E-state index contributed by atoms with van der Waals surface area (Å²) >= 11 is 0. The molecular formula is C22H27N3O3. The number of ether oxygens (including phenoxy) is 1. The summed E-state index contributed by atoms with van der Waals surface area (Å²) in [5.74, 6) is -0.305. The van der Waals surface area contributed by atoms with Gasteiger partial charge in [-0.3, -0.25) is 14.5 Å². The molecule has 1 N–H and O–H groups in total. The number of likely N-dealkylation sites (N-methyl/N-ethyl adjacent to an activating group) is 1. The molecule has 148 valence electrons. The minimum atomic E-state index is -0.724. The van der Waals surface area contributed by atoms with Crippen LogP contribution in [0.25, 0.3) is 0 Å². The van der Waals surface area contributed by atoms with Gasteiger partial charge in [-0.05, 0) is 25.2 Å². The van der Waals surface area contributed by atoms with Crippen molar-refractivity contribution in [2.75, 3.05) is 40.4 Å². The fraction of sp³-hybridized carbons (Fsp3) is 0.364. The highest BCUT2D eigenvalue weighted by atomic mass is 16.5. The van der Waals surface area contributed by atoms with Gasteiger partial charge in [0.25, 0.3) is 0 Å². The van der Waals surface area contributed by atoms with Crippen molar-refractivity contribution < 1.29 is 14.3 Å². The highest BCUT2D eigenvalue weighted by molar-refractivity contribution is 5.91. The lowest BCUT2D eigenvalue weighted by molar-refractivity contribution is -0.141. The third kappa shape index (κ3) is 4.77. The summed E-state index contributed by atoms with van der Waals surface area (Å²) in [6, 6.07) is 17.8. The second-order valence-corrected chi connectivity index (χ2v) is 7.07. The Kier molecular flexibility index (Phi) is 6.79. The van der Waals surface area contributed by atoms with Crippen LogP contribution in [0, 0.1) is 0 Å². The Bertz CT molecular complexity index is 774. The Labute approximate surface area is 166 Å². The minimum absolute atomic E-state index is 0.103. The molecule has 1 aliphatic rings. The number of hydrogen-bond donors (Lipinski definition) is 1. The van der Waals surface area contributed by atoms with E-state index in [0.29, 0.717) is 26.3 Å². The highest BCUT2D eigenvalue weighted by Gasteiger charge is 2.32. The standard InChI is InChI=1S/C22H27N3O3/c1-24(2)20(18-11-7-4-8-12-18)21(26)23-19(17-9-5-3-6-10-17)22(27)25-13-15-28-16-14-25/h3-12,19-20H,13-16H2,1-2H3,(H,23,26). The summed E-state index contributed by atoms with van der Waals surface area (Å²) in [5.41, 5.74) is 1.66. The summed E-state index contributed by atoms with van der Waals surface area (Å²) in [5, 5.41) is 3.00. The van der Waals surface area contributed by atoms with Gasteiger partial charge in [0.1, 0.15) is 12.1 Å². The van der Waals surface area contributed by atoms with Crippen molar-refractivity contribution in [3.05, 3.63) is 71.8 Å². The van der Waals surface area contributed by atoms with Crippen LogP contribution in [0.5, 0.6) is 0 Å². The maximum Gasteiger partial charge on any atom is 0.249 e. The van der Waals surface area contributed by atoms with Gasteiger partial charge < -0.3 is 15.0 Å². The fourth-order valence-electron chi connectivity index (χ4n) is 3.44. The van der Waals surface area contributed by atoms with E-state index in [1.54, 1.807) is 4.90 Å². The van der Waals surface area contributed by atoms with Crippen molar-refractivity contribution in [3.8, 4) is 0 Å². The third-order valence-corrected chi connectivity index (χ3v) is 4.87. The molecule has 0 aliphatic carbocycles. The van der Waals surface area contributed by atoms with Gasteiger partial charge in [0, 0.05) is 13.1 Å². The van der Waals surface area contributed by atoms with Crippen LogP contribution in [0.2, 0.25) is 0 Å². The molecule has 0 bridgehead atoms. The number of rotatable bonds is 6. The lowest BCUT2D eigenvalue weighted by Crippen LogP contribution is -2.49. The van der Waals surface area contributed by atoms with Crippen molar-refractivity contribution in [1.82, 2.24) is 15.1 Å². The first-order valence-electron chi connectivity index (χ1n) is 9.51. The van der Waals surface area contributed by atoms with E-state index in [1.807, 2.05) is 79.7 Å². The molecule has 2 aromatic rings. The molecule has 2 atom stereocenters. The van der Waals surface area contributed by atoms with Crippen LogP contribution in [-0.4, -0.2) is 62.0 Å². The molecule has 2 aromatic carbocycles. The fourth-order valence-corrected chi connectivity index (χ4v) is 3.44. The average Bonchev–Trinajstić information content (AvgIpc) is 2.73. The van der Waals surface area contributed by atoms with Gasteiger partial charge in [-0.2, -0.15) is 0 Å². The molecule has 1 heterocycles. The number of benzene rings is 2. The van der Waals surface area contributed by atoms with E-state index in [1.165, 1.54) is 0 Å². The van der Waals surface area contributed by atoms with Crippen molar-refractivity contribution in [3.63, 3.8) is 0 Å². The van der Waals surface area contributed by atoms with Crippen LogP contribution in [0.1, 0.15) is 23.2 Å². The molecule has 6 nitrogen and oxygen atoms in total. The first-order valence-corrected chi connectivity index (χ1v) is 9.51. The molecule has 1 aliphatic heterocycles. The lowest BCUT2D eigenvalue weighted by atomic mass is 10.0. The molecule has 0 radical (unpaired) electrons. The lowest BCUT2D eigenvalue weighted by Gasteiger charge is -2.32. The monoisotopic (exact) mass is 381 g/mol. The molecule has 3 rings (SSSR count). The Morgan fingerprint density at radius 2 is 1.46 bits per heavy atom. The number of nitrogens with one attached hydrogen (secondary N) is 1. The summed E-state index contributed by atoms with van der Waals surface area (Å²) in [4.78, 5) is 30.0. The number of amides is 2. The molecule has 0 spiro atoms. The highest BCUT2D eigenvalue weighted by Crippen LogP contribution is 2.22. The third-order valence-electron chi connectivity index (χ3n) is 4.87. The van der Waals surface area contributed by atoms with Gasteiger partial charge in [0.15, 0.2) is 0 Å². The molecule has 2 amide bonds. The van der Waals surface area contributed by atoms with E-state index >= 15 is 0 Å². The molecular weight excluding hydrogens is 354 g/mol. The molecule has 6 heteroatoms. The molecule has 0 aromatic heterocycles. The van der Waals surface area contributed by atoms with Crippen LogP contribution in [0.15, 0.2) is 60.7 Å². The van der Waals surface area contributed by atoms with E-state index in [-0.39, 0.29) is 11.8 Å². The van der Waals surface area contributed by atoms with Crippen LogP contribution in [-0.2, 0) is 14.3 Å². The van der Waals surface area contributed by atoms with Crippen molar-refractivity contribution >= 4 is 11.8 Å². The molecule has 1 fully saturated rings. The molecule has 28 heavy (non-hydrogen) atoms. The average molecular weight is 381 g/mol. The molecule has 2 unspecified atom stereocenters. The zero-order valence-electron chi connectivity index (χ0n) is 16.4.